The van der Waals surface area contributed by atoms with Gasteiger partial charge < -0.3 is 14.9 Å². The molecule has 3 atom stereocenters. The van der Waals surface area contributed by atoms with Crippen LogP contribution in [0.3, 0.4) is 0 Å². The predicted octanol–water partition coefficient (Wildman–Crippen LogP) is -0.483. The molecule has 0 radical (unpaired) electrons. The van der Waals surface area contributed by atoms with Gasteiger partial charge in [0.1, 0.15) is 0 Å². The van der Waals surface area contributed by atoms with E-state index >= 15 is 0 Å². The van der Waals surface area contributed by atoms with Crippen LogP contribution in [-0.2, 0) is 4.74 Å². The van der Waals surface area contributed by atoms with Crippen LogP contribution in [0.25, 0.3) is 0 Å². The zero-order chi connectivity index (χ0) is 6.85. The van der Waals surface area contributed by atoms with E-state index in [-0.39, 0.29) is 6.10 Å². The molecule has 0 amide bonds. The van der Waals surface area contributed by atoms with Crippen LogP contribution >= 0.6 is 0 Å². The molecule has 0 bridgehead atoms. The van der Waals surface area contributed by atoms with E-state index in [1.54, 1.807) is 6.92 Å². The SMILES string of the molecule is C[C@H]1OC[C@@H](O)C[C@@H]1O. The van der Waals surface area contributed by atoms with Gasteiger partial charge in [0.05, 0.1) is 24.9 Å². The molecule has 0 aromatic rings. The van der Waals surface area contributed by atoms with Gasteiger partial charge >= 0.3 is 0 Å². The van der Waals surface area contributed by atoms with Crippen molar-refractivity contribution in [2.75, 3.05) is 6.61 Å². The number of hydrogen-bond donors (Lipinski definition) is 2. The fourth-order valence-corrected chi connectivity index (χ4v) is 0.912. The van der Waals surface area contributed by atoms with Crippen molar-refractivity contribution < 1.29 is 14.9 Å². The third-order valence-electron chi connectivity index (χ3n) is 1.61. The van der Waals surface area contributed by atoms with Gasteiger partial charge in [-0.2, -0.15) is 0 Å². The van der Waals surface area contributed by atoms with Crippen LogP contribution in [0.15, 0.2) is 0 Å². The second-order valence-electron chi connectivity index (χ2n) is 2.50. The summed E-state index contributed by atoms with van der Waals surface area (Å²) in [5, 5.41) is 18.0. The van der Waals surface area contributed by atoms with Crippen molar-refractivity contribution in [1.29, 1.82) is 0 Å². The van der Waals surface area contributed by atoms with E-state index in [0.717, 1.165) is 0 Å². The van der Waals surface area contributed by atoms with Gasteiger partial charge in [-0.05, 0) is 6.92 Å². The summed E-state index contributed by atoms with van der Waals surface area (Å²) in [7, 11) is 0. The van der Waals surface area contributed by atoms with Gasteiger partial charge in [0.25, 0.3) is 0 Å². The number of ether oxygens (including phenoxy) is 1. The normalized spacial score (nSPS) is 45.0. The van der Waals surface area contributed by atoms with Crippen molar-refractivity contribution in [3.63, 3.8) is 0 Å². The van der Waals surface area contributed by atoms with Gasteiger partial charge in [-0.15, -0.1) is 0 Å². The van der Waals surface area contributed by atoms with Crippen molar-refractivity contribution in [2.45, 2.75) is 31.7 Å². The monoisotopic (exact) mass is 132 g/mol. The molecule has 2 N–H and O–H groups in total. The molecule has 0 spiro atoms. The van der Waals surface area contributed by atoms with Crippen molar-refractivity contribution >= 4 is 0 Å². The van der Waals surface area contributed by atoms with Crippen LogP contribution in [0.1, 0.15) is 13.3 Å². The topological polar surface area (TPSA) is 49.7 Å². The average Bonchev–Trinajstić information content (AvgIpc) is 1.80. The van der Waals surface area contributed by atoms with Crippen molar-refractivity contribution in [3.8, 4) is 0 Å². The third-order valence-corrected chi connectivity index (χ3v) is 1.61. The quantitative estimate of drug-likeness (QED) is 0.468. The van der Waals surface area contributed by atoms with Crippen LogP contribution in [0.5, 0.6) is 0 Å². The standard InChI is InChI=1S/C6H12O3/c1-4-6(8)2-5(7)3-9-4/h4-8H,2-3H2,1H3/t4-,5+,6+/m1/s1. The summed E-state index contributed by atoms with van der Waals surface area (Å²) in [6, 6.07) is 0. The zero-order valence-electron chi connectivity index (χ0n) is 5.45. The summed E-state index contributed by atoms with van der Waals surface area (Å²) < 4.78 is 5.00. The Morgan fingerprint density at radius 3 is 2.56 bits per heavy atom. The Kier molecular flexibility index (Phi) is 2.05. The van der Waals surface area contributed by atoms with E-state index in [1.165, 1.54) is 0 Å². The van der Waals surface area contributed by atoms with Crippen LogP contribution in [0.2, 0.25) is 0 Å². The summed E-state index contributed by atoms with van der Waals surface area (Å²) in [5.41, 5.74) is 0. The van der Waals surface area contributed by atoms with Gasteiger partial charge in [0.15, 0.2) is 0 Å². The van der Waals surface area contributed by atoms with Crippen LogP contribution in [0, 0.1) is 0 Å². The van der Waals surface area contributed by atoms with Gasteiger partial charge in [-0.25, -0.2) is 0 Å². The Balaban J connectivity index is 2.35. The van der Waals surface area contributed by atoms with Crippen LogP contribution in [0.4, 0.5) is 0 Å². The Morgan fingerprint density at radius 2 is 2.11 bits per heavy atom. The Labute approximate surface area is 54.3 Å². The lowest BCUT2D eigenvalue weighted by Crippen LogP contribution is -2.39. The lowest BCUT2D eigenvalue weighted by atomic mass is 10.1. The minimum Gasteiger partial charge on any atom is -0.391 e. The first-order valence-corrected chi connectivity index (χ1v) is 3.18. The molecule has 9 heavy (non-hydrogen) atoms. The summed E-state index contributed by atoms with van der Waals surface area (Å²) in [6.07, 6.45) is -0.639. The Morgan fingerprint density at radius 1 is 1.44 bits per heavy atom. The lowest BCUT2D eigenvalue weighted by Gasteiger charge is -2.28. The maximum absolute atomic E-state index is 9.06. The van der Waals surface area contributed by atoms with E-state index < -0.39 is 12.2 Å². The highest BCUT2D eigenvalue weighted by Crippen LogP contribution is 2.12. The molecule has 1 fully saturated rings. The summed E-state index contributed by atoms with van der Waals surface area (Å²) in [6.45, 7) is 2.16. The van der Waals surface area contributed by atoms with Gasteiger partial charge in [0.2, 0.25) is 0 Å². The van der Waals surface area contributed by atoms with E-state index in [2.05, 4.69) is 0 Å². The summed E-state index contributed by atoms with van der Waals surface area (Å²) in [4.78, 5) is 0. The molecule has 1 aliphatic heterocycles. The first-order valence-electron chi connectivity index (χ1n) is 3.18. The molecular formula is C6H12O3. The average molecular weight is 132 g/mol. The highest BCUT2D eigenvalue weighted by atomic mass is 16.5. The predicted molar refractivity (Wildman–Crippen MR) is 32.0 cm³/mol. The summed E-state index contributed by atoms with van der Waals surface area (Å²) >= 11 is 0. The van der Waals surface area contributed by atoms with Gasteiger partial charge in [-0.3, -0.25) is 0 Å². The number of hydrogen-bond acceptors (Lipinski definition) is 3. The largest absolute Gasteiger partial charge is 0.391 e. The lowest BCUT2D eigenvalue weighted by molar-refractivity contribution is -0.115. The first-order chi connectivity index (χ1) is 4.20. The van der Waals surface area contributed by atoms with Crippen molar-refractivity contribution in [2.24, 2.45) is 0 Å². The number of aliphatic hydroxyl groups excluding tert-OH is 2. The fourth-order valence-electron chi connectivity index (χ4n) is 0.912. The molecule has 0 aromatic carbocycles. The third kappa shape index (κ3) is 1.64. The van der Waals surface area contributed by atoms with Gasteiger partial charge in [-0.1, -0.05) is 0 Å². The Bertz CT molecular complexity index is 94.3. The molecule has 1 rings (SSSR count). The Hall–Kier alpha value is -0.120. The molecule has 1 heterocycles. The van der Waals surface area contributed by atoms with E-state index in [1.807, 2.05) is 0 Å². The highest BCUT2D eigenvalue weighted by Gasteiger charge is 2.24. The first kappa shape index (κ1) is 6.99. The molecule has 0 saturated carbocycles. The molecule has 3 heteroatoms. The van der Waals surface area contributed by atoms with Crippen molar-refractivity contribution in [3.05, 3.63) is 0 Å². The minimum atomic E-state index is -0.492. The summed E-state index contributed by atoms with van der Waals surface area (Å²) in [5.74, 6) is 0. The maximum atomic E-state index is 9.06. The van der Waals surface area contributed by atoms with Crippen LogP contribution in [-0.4, -0.2) is 35.1 Å². The minimum absolute atomic E-state index is 0.117. The molecular weight excluding hydrogens is 120 g/mol. The second kappa shape index (κ2) is 2.64. The molecule has 1 aliphatic rings. The molecule has 54 valence electrons. The number of aliphatic hydroxyl groups is 2. The zero-order valence-corrected chi connectivity index (χ0v) is 5.45. The van der Waals surface area contributed by atoms with Crippen molar-refractivity contribution in [1.82, 2.24) is 0 Å². The molecule has 0 aliphatic carbocycles. The van der Waals surface area contributed by atoms with E-state index in [4.69, 9.17) is 14.9 Å². The van der Waals surface area contributed by atoms with Crippen LogP contribution < -0.4 is 0 Å². The molecule has 3 nitrogen and oxygen atoms in total. The smallest absolute Gasteiger partial charge is 0.0824 e. The molecule has 0 aromatic heterocycles. The van der Waals surface area contributed by atoms with E-state index in [0.29, 0.717) is 13.0 Å². The number of rotatable bonds is 0. The van der Waals surface area contributed by atoms with E-state index in [9.17, 15) is 0 Å². The molecule has 1 saturated heterocycles. The fraction of sp³-hybridized carbons (Fsp3) is 1.00. The highest BCUT2D eigenvalue weighted by molar-refractivity contribution is 4.74. The van der Waals surface area contributed by atoms with Gasteiger partial charge in [0, 0.05) is 6.42 Å². The maximum Gasteiger partial charge on any atom is 0.0824 e. The molecule has 0 unspecified atom stereocenters. The second-order valence-corrected chi connectivity index (χ2v) is 2.50.